The van der Waals surface area contributed by atoms with Gasteiger partial charge in [-0.1, -0.05) is 11.6 Å². The van der Waals surface area contributed by atoms with Gasteiger partial charge in [-0.05, 0) is 47.1 Å². The van der Waals surface area contributed by atoms with Crippen LogP contribution in [0.25, 0.3) is 0 Å². The van der Waals surface area contributed by atoms with Crippen molar-refractivity contribution in [3.8, 4) is 5.75 Å². The molecule has 9 heteroatoms. The molecule has 0 aromatic heterocycles. The number of hydrogen-bond acceptors (Lipinski definition) is 5. The van der Waals surface area contributed by atoms with Gasteiger partial charge in [-0.3, -0.25) is 0 Å². The van der Waals surface area contributed by atoms with Crippen molar-refractivity contribution in [3.63, 3.8) is 0 Å². The van der Waals surface area contributed by atoms with Crippen LogP contribution in [0.4, 0.5) is 0 Å². The Morgan fingerprint density at radius 3 is 2.36 bits per heavy atom. The molecule has 0 saturated carbocycles. The molecule has 0 saturated heterocycles. The van der Waals surface area contributed by atoms with E-state index < -0.39 is 11.9 Å². The van der Waals surface area contributed by atoms with Gasteiger partial charge in [0.2, 0.25) is 0 Å². The third-order valence-corrected chi connectivity index (χ3v) is 2.98. The highest BCUT2D eigenvalue weighted by atomic mass is 79.9. The van der Waals surface area contributed by atoms with E-state index >= 15 is 0 Å². The van der Waals surface area contributed by atoms with Crippen molar-refractivity contribution in [2.24, 2.45) is 0 Å². The smallest absolute Gasteiger partial charge is 0.414 e. The van der Waals surface area contributed by atoms with Crippen LogP contribution in [-0.4, -0.2) is 53.6 Å². The molecule has 0 aliphatic carbocycles. The van der Waals surface area contributed by atoms with Crippen LogP contribution in [0.15, 0.2) is 22.7 Å². The number of nitrogens with one attached hydrogen (secondary N) is 1. The fourth-order valence-electron chi connectivity index (χ4n) is 1.18. The Morgan fingerprint density at radius 1 is 1.23 bits per heavy atom. The van der Waals surface area contributed by atoms with Gasteiger partial charge < -0.3 is 25.4 Å². The second kappa shape index (κ2) is 12.2. The van der Waals surface area contributed by atoms with Gasteiger partial charge in [0.05, 0.1) is 17.7 Å². The molecule has 0 heterocycles. The molecule has 22 heavy (non-hydrogen) atoms. The maximum Gasteiger partial charge on any atom is 0.414 e. The Balaban J connectivity index is 0.000000626. The van der Waals surface area contributed by atoms with E-state index in [1.54, 1.807) is 12.1 Å². The van der Waals surface area contributed by atoms with Crippen LogP contribution in [0.2, 0.25) is 5.02 Å². The molecule has 4 N–H and O–H groups in total. The van der Waals surface area contributed by atoms with Gasteiger partial charge in [0, 0.05) is 11.6 Å². The zero-order chi connectivity index (χ0) is 17.0. The van der Waals surface area contributed by atoms with Crippen LogP contribution in [0, 0.1) is 0 Å². The summed E-state index contributed by atoms with van der Waals surface area (Å²) in [5, 5.41) is 27.1. The summed E-state index contributed by atoms with van der Waals surface area (Å²) in [6, 6.07) is 5.44. The Morgan fingerprint density at radius 2 is 1.86 bits per heavy atom. The number of hydrogen-bond donors (Lipinski definition) is 4. The van der Waals surface area contributed by atoms with Crippen molar-refractivity contribution in [2.45, 2.75) is 6.42 Å². The standard InChI is InChI=1S/C11H15BrClNO2.C2H2O4/c12-10-8-9(13)2-3-11(10)16-7-1-4-14-5-6-15;3-1(4)2(5)6/h2-3,8,14-15H,1,4-7H2;(H,3,4)(H,5,6). The van der Waals surface area contributed by atoms with E-state index in [9.17, 15) is 0 Å². The van der Waals surface area contributed by atoms with Gasteiger partial charge >= 0.3 is 11.9 Å². The van der Waals surface area contributed by atoms with Gasteiger partial charge in [0.1, 0.15) is 5.75 Å². The number of rotatable bonds is 7. The minimum atomic E-state index is -1.82. The summed E-state index contributed by atoms with van der Waals surface area (Å²) in [6.45, 7) is 2.28. The molecule has 1 rings (SSSR count). The number of carbonyl (C=O) groups is 2. The topological polar surface area (TPSA) is 116 Å². The molecule has 1 aromatic rings. The van der Waals surface area contributed by atoms with Crippen LogP contribution < -0.4 is 10.1 Å². The zero-order valence-corrected chi connectivity index (χ0v) is 13.9. The molecule has 0 atom stereocenters. The number of ether oxygens (including phenoxy) is 1. The quantitative estimate of drug-likeness (QED) is 0.407. The molecular formula is C13H17BrClNO6. The molecule has 0 unspecified atom stereocenters. The van der Waals surface area contributed by atoms with Crippen LogP contribution in [0.5, 0.6) is 5.75 Å². The first-order chi connectivity index (χ1) is 10.4. The Kier molecular flexibility index (Phi) is 11.5. The van der Waals surface area contributed by atoms with Gasteiger partial charge in [0.15, 0.2) is 0 Å². The first-order valence-electron chi connectivity index (χ1n) is 6.24. The van der Waals surface area contributed by atoms with E-state index in [0.717, 1.165) is 23.2 Å². The average molecular weight is 399 g/mol. The number of aliphatic hydroxyl groups is 1. The largest absolute Gasteiger partial charge is 0.492 e. The lowest BCUT2D eigenvalue weighted by Gasteiger charge is -2.08. The molecule has 1 aromatic carbocycles. The van der Waals surface area contributed by atoms with E-state index in [0.29, 0.717) is 18.2 Å². The van der Waals surface area contributed by atoms with E-state index in [-0.39, 0.29) is 6.61 Å². The van der Waals surface area contributed by atoms with Gasteiger partial charge in [-0.15, -0.1) is 0 Å². The van der Waals surface area contributed by atoms with Gasteiger partial charge in [0.25, 0.3) is 0 Å². The van der Waals surface area contributed by atoms with Crippen molar-refractivity contribution in [3.05, 3.63) is 27.7 Å². The molecular weight excluding hydrogens is 382 g/mol. The van der Waals surface area contributed by atoms with Crippen LogP contribution in [0.1, 0.15) is 6.42 Å². The molecule has 0 aliphatic heterocycles. The van der Waals surface area contributed by atoms with Crippen molar-refractivity contribution in [2.75, 3.05) is 26.3 Å². The Labute approximate surface area is 141 Å². The molecule has 0 aliphatic rings. The van der Waals surface area contributed by atoms with Gasteiger partial charge in [-0.2, -0.15) is 0 Å². The first kappa shape index (κ1) is 20.6. The normalized spacial score (nSPS) is 9.59. The lowest BCUT2D eigenvalue weighted by Crippen LogP contribution is -2.20. The molecule has 124 valence electrons. The van der Waals surface area contributed by atoms with E-state index in [1.165, 1.54) is 0 Å². The molecule has 0 radical (unpaired) electrons. The number of aliphatic carboxylic acids is 2. The summed E-state index contributed by atoms with van der Waals surface area (Å²) >= 11 is 9.20. The highest BCUT2D eigenvalue weighted by Gasteiger charge is 2.04. The van der Waals surface area contributed by atoms with Crippen molar-refractivity contribution in [1.82, 2.24) is 5.32 Å². The number of carboxylic acid groups (broad SMARTS) is 2. The predicted molar refractivity (Wildman–Crippen MR) is 84.5 cm³/mol. The number of carboxylic acids is 2. The summed E-state index contributed by atoms with van der Waals surface area (Å²) in [7, 11) is 0. The third-order valence-electron chi connectivity index (χ3n) is 2.12. The zero-order valence-electron chi connectivity index (χ0n) is 11.6. The number of benzene rings is 1. The fourth-order valence-corrected chi connectivity index (χ4v) is 1.97. The predicted octanol–water partition coefficient (Wildman–Crippen LogP) is 1.61. The first-order valence-corrected chi connectivity index (χ1v) is 7.41. The number of halogens is 2. The Bertz CT molecular complexity index is 474. The lowest BCUT2D eigenvalue weighted by molar-refractivity contribution is -0.159. The van der Waals surface area contributed by atoms with E-state index in [2.05, 4.69) is 21.2 Å². The van der Waals surface area contributed by atoms with Crippen molar-refractivity contribution < 1.29 is 29.6 Å². The third kappa shape index (κ3) is 10.4. The van der Waals surface area contributed by atoms with Crippen LogP contribution >= 0.6 is 27.5 Å². The maximum atomic E-state index is 9.10. The van der Waals surface area contributed by atoms with Crippen molar-refractivity contribution in [1.29, 1.82) is 0 Å². The van der Waals surface area contributed by atoms with E-state index in [1.807, 2.05) is 6.07 Å². The van der Waals surface area contributed by atoms with E-state index in [4.69, 9.17) is 41.2 Å². The second-order valence-electron chi connectivity index (χ2n) is 3.86. The molecule has 0 bridgehead atoms. The molecule has 0 amide bonds. The summed E-state index contributed by atoms with van der Waals surface area (Å²) in [4.78, 5) is 18.2. The van der Waals surface area contributed by atoms with Gasteiger partial charge in [-0.25, -0.2) is 9.59 Å². The summed E-state index contributed by atoms with van der Waals surface area (Å²) < 4.78 is 6.43. The molecule has 7 nitrogen and oxygen atoms in total. The minimum absolute atomic E-state index is 0.170. The maximum absolute atomic E-state index is 9.10. The summed E-state index contributed by atoms with van der Waals surface area (Å²) in [5.74, 6) is -2.85. The summed E-state index contributed by atoms with van der Waals surface area (Å²) in [5.41, 5.74) is 0. The molecule has 0 spiro atoms. The van der Waals surface area contributed by atoms with Crippen LogP contribution in [-0.2, 0) is 9.59 Å². The highest BCUT2D eigenvalue weighted by Crippen LogP contribution is 2.27. The molecule has 0 fully saturated rings. The SMILES string of the molecule is O=C(O)C(=O)O.OCCNCCCOc1ccc(Cl)cc1Br. The number of aliphatic hydroxyl groups excluding tert-OH is 1. The highest BCUT2D eigenvalue weighted by molar-refractivity contribution is 9.10. The fraction of sp³-hybridized carbons (Fsp3) is 0.385. The second-order valence-corrected chi connectivity index (χ2v) is 5.15. The van der Waals surface area contributed by atoms with Crippen LogP contribution in [0.3, 0.4) is 0 Å². The van der Waals surface area contributed by atoms with Crippen molar-refractivity contribution >= 4 is 39.5 Å². The Hall–Kier alpha value is -1.35. The monoisotopic (exact) mass is 397 g/mol. The lowest BCUT2D eigenvalue weighted by atomic mass is 10.3. The summed E-state index contributed by atoms with van der Waals surface area (Å²) in [6.07, 6.45) is 0.898. The average Bonchev–Trinajstić information content (AvgIpc) is 2.45. The minimum Gasteiger partial charge on any atom is -0.492 e.